The summed E-state index contributed by atoms with van der Waals surface area (Å²) in [5.74, 6) is 1.35. The van der Waals surface area contributed by atoms with Crippen LogP contribution in [-0.2, 0) is 0 Å². The number of benzene rings is 1. The minimum absolute atomic E-state index is 0.520. The molecule has 0 atom stereocenters. The third kappa shape index (κ3) is 4.02. The highest BCUT2D eigenvalue weighted by molar-refractivity contribution is 6.00. The third-order valence-electron chi connectivity index (χ3n) is 3.03. The highest BCUT2D eigenvalue weighted by atomic mass is 16.5. The molecule has 0 bridgehead atoms. The second-order valence-electron chi connectivity index (χ2n) is 4.73. The van der Waals surface area contributed by atoms with E-state index in [1.165, 1.54) is 0 Å². The molecule has 2 rings (SSSR count). The van der Waals surface area contributed by atoms with Gasteiger partial charge in [-0.3, -0.25) is 0 Å². The predicted molar refractivity (Wildman–Crippen MR) is 85.0 cm³/mol. The van der Waals surface area contributed by atoms with E-state index in [9.17, 15) is 0 Å². The van der Waals surface area contributed by atoms with Crippen LogP contribution in [0.15, 0.2) is 35.4 Å². The van der Waals surface area contributed by atoms with Gasteiger partial charge in [0.25, 0.3) is 0 Å². The van der Waals surface area contributed by atoms with Crippen LogP contribution in [0.1, 0.15) is 30.3 Å². The number of hydrogen-bond acceptors (Lipinski definition) is 5. The summed E-state index contributed by atoms with van der Waals surface area (Å²) in [6.45, 7) is 5.94. The highest BCUT2D eigenvalue weighted by Crippen LogP contribution is 2.13. The molecule has 2 aromatic rings. The van der Waals surface area contributed by atoms with Gasteiger partial charge >= 0.3 is 0 Å². The number of hydrogen-bond donors (Lipinski definition) is 1. The zero-order valence-corrected chi connectivity index (χ0v) is 12.8. The fourth-order valence-corrected chi connectivity index (χ4v) is 2.02. The van der Waals surface area contributed by atoms with Crippen molar-refractivity contribution >= 4 is 11.7 Å². The van der Waals surface area contributed by atoms with Gasteiger partial charge in [0.15, 0.2) is 0 Å². The van der Waals surface area contributed by atoms with Crippen LogP contribution in [0.25, 0.3) is 0 Å². The highest BCUT2D eigenvalue weighted by Gasteiger charge is 2.03. The molecule has 0 saturated carbocycles. The molecule has 0 radical (unpaired) electrons. The van der Waals surface area contributed by atoms with Gasteiger partial charge in [0.1, 0.15) is 5.75 Å². The minimum Gasteiger partial charge on any atom is -0.497 e. The Morgan fingerprint density at radius 3 is 2.29 bits per heavy atom. The number of ether oxygens (including phenoxy) is 1. The van der Waals surface area contributed by atoms with Gasteiger partial charge < -0.3 is 4.74 Å². The lowest BCUT2D eigenvalue weighted by molar-refractivity contribution is 0.415. The van der Waals surface area contributed by atoms with Gasteiger partial charge in [-0.1, -0.05) is 6.92 Å². The van der Waals surface area contributed by atoms with E-state index < -0.39 is 0 Å². The molecule has 1 aromatic carbocycles. The predicted octanol–water partition coefficient (Wildman–Crippen LogP) is 3.33. The Balaban J connectivity index is 2.19. The molecule has 5 heteroatoms. The molecule has 0 amide bonds. The van der Waals surface area contributed by atoms with Crippen LogP contribution in [0, 0.1) is 13.8 Å². The number of nitrogens with zero attached hydrogens (tertiary/aromatic N) is 3. The summed E-state index contributed by atoms with van der Waals surface area (Å²) in [6.07, 6.45) is 0.810. The van der Waals surface area contributed by atoms with Gasteiger partial charge in [-0.15, -0.1) is 0 Å². The van der Waals surface area contributed by atoms with E-state index in [0.717, 1.165) is 34.8 Å². The number of aromatic nitrogens is 2. The molecule has 1 aromatic heterocycles. The van der Waals surface area contributed by atoms with Gasteiger partial charge in [0.05, 0.1) is 12.8 Å². The Bertz CT molecular complexity index is 615. The molecular weight excluding hydrogens is 264 g/mol. The smallest absolute Gasteiger partial charge is 0.243 e. The maximum atomic E-state index is 5.16. The van der Waals surface area contributed by atoms with Gasteiger partial charge in [0.2, 0.25) is 5.95 Å². The van der Waals surface area contributed by atoms with Gasteiger partial charge in [-0.2, -0.15) is 5.10 Å². The quantitative estimate of drug-likeness (QED) is 0.676. The van der Waals surface area contributed by atoms with Crippen LogP contribution >= 0.6 is 0 Å². The molecule has 1 heterocycles. The standard InChI is InChI=1S/C16H20N4O/c1-5-15(13-6-8-14(21-4)9-7-13)19-20-16-17-11(2)10-12(3)18-16/h6-10H,5H2,1-4H3,(H,17,18,20)/b19-15-. The first kappa shape index (κ1) is 15.0. The average molecular weight is 284 g/mol. The van der Waals surface area contributed by atoms with E-state index in [4.69, 9.17) is 4.74 Å². The Morgan fingerprint density at radius 2 is 1.76 bits per heavy atom. The summed E-state index contributed by atoms with van der Waals surface area (Å²) in [5.41, 5.74) is 6.77. The number of rotatable bonds is 5. The van der Waals surface area contributed by atoms with Crippen molar-refractivity contribution in [3.63, 3.8) is 0 Å². The van der Waals surface area contributed by atoms with Crippen LogP contribution < -0.4 is 10.2 Å². The second-order valence-corrected chi connectivity index (χ2v) is 4.73. The van der Waals surface area contributed by atoms with Crippen molar-refractivity contribution in [3.05, 3.63) is 47.3 Å². The lowest BCUT2D eigenvalue weighted by atomic mass is 10.1. The first-order valence-electron chi connectivity index (χ1n) is 6.91. The maximum absolute atomic E-state index is 5.16. The van der Waals surface area contributed by atoms with Crippen molar-refractivity contribution in [3.8, 4) is 5.75 Å². The van der Waals surface area contributed by atoms with Crippen LogP contribution in [0.2, 0.25) is 0 Å². The topological polar surface area (TPSA) is 59.4 Å². The first-order valence-corrected chi connectivity index (χ1v) is 6.91. The Morgan fingerprint density at radius 1 is 1.14 bits per heavy atom. The van der Waals surface area contributed by atoms with E-state index in [0.29, 0.717) is 5.95 Å². The van der Waals surface area contributed by atoms with Crippen LogP contribution in [-0.4, -0.2) is 22.8 Å². The Hall–Kier alpha value is -2.43. The molecule has 0 aliphatic rings. The van der Waals surface area contributed by atoms with Gasteiger partial charge in [-0.25, -0.2) is 15.4 Å². The second kappa shape index (κ2) is 6.83. The van der Waals surface area contributed by atoms with Crippen LogP contribution in [0.4, 0.5) is 5.95 Å². The summed E-state index contributed by atoms with van der Waals surface area (Å²) in [5, 5.41) is 4.42. The number of nitrogens with one attached hydrogen (secondary N) is 1. The van der Waals surface area contributed by atoms with Crippen molar-refractivity contribution < 1.29 is 4.74 Å². The number of methoxy groups -OCH3 is 1. The van der Waals surface area contributed by atoms with Gasteiger partial charge in [-0.05, 0) is 56.2 Å². The molecular formula is C16H20N4O. The third-order valence-corrected chi connectivity index (χ3v) is 3.03. The molecule has 0 fully saturated rings. The van der Waals surface area contributed by atoms with E-state index in [1.54, 1.807) is 7.11 Å². The number of hydrazone groups is 1. The van der Waals surface area contributed by atoms with Crippen LogP contribution in [0.3, 0.4) is 0 Å². The lowest BCUT2D eigenvalue weighted by Crippen LogP contribution is -2.06. The van der Waals surface area contributed by atoms with Gasteiger partial charge in [0, 0.05) is 11.4 Å². The molecule has 0 aliphatic heterocycles. The molecule has 0 aliphatic carbocycles. The lowest BCUT2D eigenvalue weighted by Gasteiger charge is -2.07. The number of anilines is 1. The van der Waals surface area contributed by atoms with E-state index >= 15 is 0 Å². The number of aryl methyl sites for hydroxylation is 2. The normalized spacial score (nSPS) is 11.3. The van der Waals surface area contributed by atoms with E-state index in [1.807, 2.05) is 44.2 Å². The molecule has 21 heavy (non-hydrogen) atoms. The zero-order valence-electron chi connectivity index (χ0n) is 12.8. The summed E-state index contributed by atoms with van der Waals surface area (Å²) < 4.78 is 5.16. The molecule has 110 valence electrons. The maximum Gasteiger partial charge on any atom is 0.243 e. The summed E-state index contributed by atoms with van der Waals surface area (Å²) in [4.78, 5) is 8.62. The van der Waals surface area contributed by atoms with Crippen molar-refractivity contribution in [2.75, 3.05) is 12.5 Å². The van der Waals surface area contributed by atoms with Crippen molar-refractivity contribution in [1.29, 1.82) is 0 Å². The summed E-state index contributed by atoms with van der Waals surface area (Å²) in [6, 6.07) is 9.76. The summed E-state index contributed by atoms with van der Waals surface area (Å²) in [7, 11) is 1.66. The average Bonchev–Trinajstić information content (AvgIpc) is 2.47. The van der Waals surface area contributed by atoms with Crippen LogP contribution in [0.5, 0.6) is 5.75 Å². The Labute approximate surface area is 125 Å². The minimum atomic E-state index is 0.520. The van der Waals surface area contributed by atoms with Crippen molar-refractivity contribution in [2.45, 2.75) is 27.2 Å². The molecule has 0 unspecified atom stereocenters. The molecule has 1 N–H and O–H groups in total. The molecule has 0 saturated heterocycles. The van der Waals surface area contributed by atoms with E-state index in [2.05, 4.69) is 27.4 Å². The first-order chi connectivity index (χ1) is 10.1. The monoisotopic (exact) mass is 284 g/mol. The fourth-order valence-electron chi connectivity index (χ4n) is 2.02. The van der Waals surface area contributed by atoms with Crippen molar-refractivity contribution in [1.82, 2.24) is 9.97 Å². The SMILES string of the molecule is CC/C(=N/Nc1nc(C)cc(C)n1)c1ccc(OC)cc1. The summed E-state index contributed by atoms with van der Waals surface area (Å²) >= 11 is 0. The van der Waals surface area contributed by atoms with E-state index in [-0.39, 0.29) is 0 Å². The largest absolute Gasteiger partial charge is 0.497 e. The zero-order chi connectivity index (χ0) is 15.2. The molecule has 5 nitrogen and oxygen atoms in total. The molecule has 0 spiro atoms. The van der Waals surface area contributed by atoms with Crippen molar-refractivity contribution in [2.24, 2.45) is 5.10 Å². The fraction of sp³-hybridized carbons (Fsp3) is 0.312. The Kier molecular flexibility index (Phi) is 4.87.